The van der Waals surface area contributed by atoms with Gasteiger partial charge in [0.25, 0.3) is 0 Å². The van der Waals surface area contributed by atoms with Crippen molar-refractivity contribution >= 4 is 29.0 Å². The maximum atomic E-state index is 13.2. The molecule has 4 aromatic carbocycles. The van der Waals surface area contributed by atoms with E-state index in [-0.39, 0.29) is 17.1 Å². The number of benzene rings is 4. The van der Waals surface area contributed by atoms with Crippen molar-refractivity contribution in [3.8, 4) is 5.75 Å². The lowest BCUT2D eigenvalue weighted by atomic mass is 9.91. The van der Waals surface area contributed by atoms with E-state index in [2.05, 4.69) is 26.1 Å². The van der Waals surface area contributed by atoms with Crippen LogP contribution in [0.1, 0.15) is 55.1 Å². The SMILES string of the molecule is COC(=O)C(Cc1ccc(OCCCN(C(=O)CC(C)(C)C)c2ccccc2)cc1)Nc1ccccc1C(=O)c1ccccc1. The molecule has 0 aromatic heterocycles. The van der Waals surface area contributed by atoms with Crippen LogP contribution in [0.3, 0.4) is 0 Å². The Balaban J connectivity index is 1.36. The average molecular weight is 607 g/mol. The molecule has 4 rings (SSSR count). The minimum atomic E-state index is -0.707. The van der Waals surface area contributed by atoms with Gasteiger partial charge in [0, 0.05) is 41.9 Å². The van der Waals surface area contributed by atoms with E-state index in [1.165, 1.54) is 7.11 Å². The predicted molar refractivity (Wildman–Crippen MR) is 179 cm³/mol. The highest BCUT2D eigenvalue weighted by Crippen LogP contribution is 2.24. The van der Waals surface area contributed by atoms with Crippen LogP contribution in [0.25, 0.3) is 0 Å². The summed E-state index contributed by atoms with van der Waals surface area (Å²) in [5, 5.41) is 3.24. The fourth-order valence-corrected chi connectivity index (χ4v) is 5.00. The van der Waals surface area contributed by atoms with Crippen LogP contribution in [0.4, 0.5) is 11.4 Å². The zero-order chi connectivity index (χ0) is 32.2. The molecule has 0 bridgehead atoms. The smallest absolute Gasteiger partial charge is 0.328 e. The van der Waals surface area contributed by atoms with Gasteiger partial charge < -0.3 is 19.7 Å². The minimum absolute atomic E-state index is 0.0962. The van der Waals surface area contributed by atoms with Crippen LogP contribution < -0.4 is 15.0 Å². The van der Waals surface area contributed by atoms with Crippen LogP contribution >= 0.6 is 0 Å². The molecule has 0 radical (unpaired) electrons. The number of carbonyl (C=O) groups excluding carboxylic acids is 3. The number of ketones is 1. The molecule has 0 aliphatic heterocycles. The maximum absolute atomic E-state index is 13.2. The highest BCUT2D eigenvalue weighted by Gasteiger charge is 2.24. The van der Waals surface area contributed by atoms with E-state index in [0.717, 1.165) is 11.3 Å². The van der Waals surface area contributed by atoms with Crippen LogP contribution in [-0.2, 0) is 20.7 Å². The Labute approximate surface area is 266 Å². The summed E-state index contributed by atoms with van der Waals surface area (Å²) >= 11 is 0. The number of amides is 1. The third-order valence-corrected chi connectivity index (χ3v) is 7.23. The second-order valence-electron chi connectivity index (χ2n) is 12.1. The Hall–Kier alpha value is -4.91. The third-order valence-electron chi connectivity index (χ3n) is 7.23. The van der Waals surface area contributed by atoms with Crippen LogP contribution in [0.5, 0.6) is 5.75 Å². The first-order valence-electron chi connectivity index (χ1n) is 15.2. The van der Waals surface area contributed by atoms with Gasteiger partial charge in [-0.25, -0.2) is 4.79 Å². The first-order valence-corrected chi connectivity index (χ1v) is 15.2. The van der Waals surface area contributed by atoms with Crippen molar-refractivity contribution in [2.24, 2.45) is 5.41 Å². The van der Waals surface area contributed by atoms with E-state index < -0.39 is 12.0 Å². The van der Waals surface area contributed by atoms with E-state index in [9.17, 15) is 14.4 Å². The molecule has 234 valence electrons. The molecule has 0 aliphatic rings. The average Bonchev–Trinajstić information content (AvgIpc) is 3.04. The summed E-state index contributed by atoms with van der Waals surface area (Å²) < 4.78 is 11.1. The Bertz CT molecular complexity index is 1550. The molecule has 7 nitrogen and oxygen atoms in total. The first kappa shape index (κ1) is 33.0. The van der Waals surface area contributed by atoms with Gasteiger partial charge in [-0.15, -0.1) is 0 Å². The second-order valence-corrected chi connectivity index (χ2v) is 12.1. The van der Waals surface area contributed by atoms with Crippen molar-refractivity contribution in [3.63, 3.8) is 0 Å². The maximum Gasteiger partial charge on any atom is 0.328 e. The van der Waals surface area contributed by atoms with E-state index in [1.54, 1.807) is 30.3 Å². The standard InChI is InChI=1S/C38H42N2O5/c1-38(2,3)27-35(41)40(30-16-9-6-10-17-30)24-13-25-45-31-22-20-28(21-23-31)26-34(37(43)44-4)39-33-19-12-11-18-32(33)36(42)29-14-7-5-8-15-29/h5-12,14-23,34,39H,13,24-27H2,1-4H3. The van der Waals surface area contributed by atoms with Gasteiger partial charge in [0.2, 0.25) is 5.91 Å². The summed E-state index contributed by atoms with van der Waals surface area (Å²) in [6.45, 7) is 7.20. The molecule has 45 heavy (non-hydrogen) atoms. The predicted octanol–water partition coefficient (Wildman–Crippen LogP) is 7.35. The van der Waals surface area contributed by atoms with E-state index in [1.807, 2.05) is 83.8 Å². The summed E-state index contributed by atoms with van der Waals surface area (Å²) in [6.07, 6.45) is 1.48. The number of methoxy groups -OCH3 is 1. The number of anilines is 2. The molecule has 7 heteroatoms. The van der Waals surface area contributed by atoms with Gasteiger partial charge >= 0.3 is 5.97 Å². The lowest BCUT2D eigenvalue weighted by Gasteiger charge is -2.27. The van der Waals surface area contributed by atoms with E-state index in [4.69, 9.17) is 9.47 Å². The molecule has 0 fully saturated rings. The van der Waals surface area contributed by atoms with Gasteiger partial charge in [-0.3, -0.25) is 9.59 Å². The van der Waals surface area contributed by atoms with Gasteiger partial charge in [-0.1, -0.05) is 93.6 Å². The second kappa shape index (κ2) is 15.7. The number of hydrogen-bond acceptors (Lipinski definition) is 6. The molecule has 1 amide bonds. The highest BCUT2D eigenvalue weighted by molar-refractivity contribution is 6.12. The Morgan fingerprint density at radius 2 is 1.42 bits per heavy atom. The van der Waals surface area contributed by atoms with Crippen molar-refractivity contribution in [1.82, 2.24) is 0 Å². The number of hydrogen-bond donors (Lipinski definition) is 1. The van der Waals surface area contributed by atoms with E-state index >= 15 is 0 Å². The zero-order valence-electron chi connectivity index (χ0n) is 26.5. The lowest BCUT2D eigenvalue weighted by Crippen LogP contribution is -2.35. The van der Waals surface area contributed by atoms with Crippen LogP contribution in [-0.4, -0.2) is 44.0 Å². The number of ether oxygens (including phenoxy) is 2. The Morgan fingerprint density at radius 1 is 0.800 bits per heavy atom. The molecular formula is C38H42N2O5. The molecule has 0 spiro atoms. The molecular weight excluding hydrogens is 564 g/mol. The molecule has 1 atom stereocenters. The van der Waals surface area contributed by atoms with Crippen molar-refractivity contribution in [3.05, 3.63) is 126 Å². The minimum Gasteiger partial charge on any atom is -0.494 e. The number of nitrogens with one attached hydrogen (secondary N) is 1. The van der Waals surface area contributed by atoms with Crippen molar-refractivity contribution < 1.29 is 23.9 Å². The summed E-state index contributed by atoms with van der Waals surface area (Å²) in [6, 6.07) is 32.8. The van der Waals surface area contributed by atoms with Crippen molar-refractivity contribution in [2.75, 3.05) is 30.5 Å². The first-order chi connectivity index (χ1) is 21.6. The number of rotatable bonds is 14. The summed E-state index contributed by atoms with van der Waals surface area (Å²) in [5.41, 5.74) is 3.30. The fraction of sp³-hybridized carbons (Fsp3) is 0.289. The van der Waals surface area contributed by atoms with E-state index in [0.29, 0.717) is 55.0 Å². The lowest BCUT2D eigenvalue weighted by molar-refractivity contribution is -0.141. The molecule has 0 aliphatic carbocycles. The van der Waals surface area contributed by atoms with Gasteiger partial charge in [-0.05, 0) is 53.8 Å². The molecule has 4 aromatic rings. The molecule has 1 unspecified atom stereocenters. The fourth-order valence-electron chi connectivity index (χ4n) is 5.00. The normalized spacial score (nSPS) is 11.7. The van der Waals surface area contributed by atoms with Gasteiger partial charge in [0.15, 0.2) is 5.78 Å². The number of para-hydroxylation sites is 2. The monoisotopic (exact) mass is 606 g/mol. The zero-order valence-corrected chi connectivity index (χ0v) is 26.5. The summed E-state index contributed by atoms with van der Waals surface area (Å²) in [5.74, 6) is 0.238. The number of nitrogens with zero attached hydrogens (tertiary/aromatic N) is 1. The number of esters is 1. The summed E-state index contributed by atoms with van der Waals surface area (Å²) in [7, 11) is 1.35. The van der Waals surface area contributed by atoms with Gasteiger partial charge in [0.05, 0.1) is 13.7 Å². The molecule has 0 heterocycles. The molecule has 1 N–H and O–H groups in total. The highest BCUT2D eigenvalue weighted by atomic mass is 16.5. The Kier molecular flexibility index (Phi) is 11.5. The van der Waals surface area contributed by atoms with Gasteiger partial charge in [0.1, 0.15) is 11.8 Å². The van der Waals surface area contributed by atoms with Gasteiger partial charge in [-0.2, -0.15) is 0 Å². The number of carbonyl (C=O) groups is 3. The molecule has 0 saturated heterocycles. The van der Waals surface area contributed by atoms with Crippen molar-refractivity contribution in [2.45, 2.75) is 46.1 Å². The topological polar surface area (TPSA) is 84.9 Å². The third kappa shape index (κ3) is 9.80. The van der Waals surface area contributed by atoms with Crippen LogP contribution in [0, 0.1) is 5.41 Å². The largest absolute Gasteiger partial charge is 0.494 e. The van der Waals surface area contributed by atoms with Crippen LogP contribution in [0.15, 0.2) is 109 Å². The van der Waals surface area contributed by atoms with Crippen LogP contribution in [0.2, 0.25) is 0 Å². The molecule has 0 saturated carbocycles. The van der Waals surface area contributed by atoms with Crippen molar-refractivity contribution in [1.29, 1.82) is 0 Å². The Morgan fingerprint density at radius 3 is 2.07 bits per heavy atom. The quantitative estimate of drug-likeness (QED) is 0.0918. The summed E-state index contributed by atoms with van der Waals surface area (Å²) in [4.78, 5) is 40.9.